The molecule has 3 heterocycles. The Balaban J connectivity index is 1.36. The fourth-order valence-electron chi connectivity index (χ4n) is 4.44. The van der Waals surface area contributed by atoms with E-state index in [1.807, 2.05) is 11.4 Å². The SMILES string of the molecule is CCN(C(=O)O)c1cccc(Cn2nc(-c3nc(-c4ccc(N5CCCC5)cc4)cs3)ccc2=O)c1. The van der Waals surface area contributed by atoms with E-state index < -0.39 is 6.09 Å². The van der Waals surface area contributed by atoms with Crippen LogP contribution in [0.3, 0.4) is 0 Å². The molecule has 1 amide bonds. The molecule has 0 unspecified atom stereocenters. The molecule has 9 heteroatoms. The Kier molecular flexibility index (Phi) is 6.81. The van der Waals surface area contributed by atoms with Crippen molar-refractivity contribution in [2.24, 2.45) is 0 Å². The van der Waals surface area contributed by atoms with Gasteiger partial charge in [-0.2, -0.15) is 5.10 Å². The molecule has 5 rings (SSSR count). The second kappa shape index (κ2) is 10.3. The maximum absolute atomic E-state index is 12.5. The number of hydrogen-bond donors (Lipinski definition) is 1. The Bertz CT molecular complexity index is 1420. The van der Waals surface area contributed by atoms with E-state index in [0.29, 0.717) is 17.9 Å². The van der Waals surface area contributed by atoms with E-state index in [4.69, 9.17) is 4.98 Å². The smallest absolute Gasteiger partial charge is 0.411 e. The molecule has 1 fully saturated rings. The van der Waals surface area contributed by atoms with Gasteiger partial charge in [0, 0.05) is 48.0 Å². The monoisotopic (exact) mass is 501 g/mol. The van der Waals surface area contributed by atoms with Crippen LogP contribution in [0.25, 0.3) is 22.0 Å². The van der Waals surface area contributed by atoms with Gasteiger partial charge in [-0.25, -0.2) is 14.5 Å². The fraction of sp³-hybridized carbons (Fsp3) is 0.259. The van der Waals surface area contributed by atoms with Crippen LogP contribution in [0, 0.1) is 0 Å². The van der Waals surface area contributed by atoms with Crippen molar-refractivity contribution in [3.8, 4) is 22.0 Å². The zero-order valence-electron chi connectivity index (χ0n) is 20.0. The first-order valence-electron chi connectivity index (χ1n) is 12.0. The van der Waals surface area contributed by atoms with E-state index in [2.05, 4.69) is 34.3 Å². The third kappa shape index (κ3) is 5.01. The summed E-state index contributed by atoms with van der Waals surface area (Å²) in [6.07, 6.45) is 1.48. The largest absolute Gasteiger partial charge is 0.465 e. The van der Waals surface area contributed by atoms with E-state index >= 15 is 0 Å². The number of carboxylic acid groups (broad SMARTS) is 1. The summed E-state index contributed by atoms with van der Waals surface area (Å²) in [6, 6.07) is 18.8. The minimum atomic E-state index is -1.02. The lowest BCUT2D eigenvalue weighted by Gasteiger charge is -2.18. The Morgan fingerprint density at radius 1 is 1.06 bits per heavy atom. The zero-order chi connectivity index (χ0) is 25.1. The first kappa shape index (κ1) is 23.7. The molecule has 1 aliphatic heterocycles. The summed E-state index contributed by atoms with van der Waals surface area (Å²) in [7, 11) is 0. The van der Waals surface area contributed by atoms with Gasteiger partial charge in [0.15, 0.2) is 0 Å². The number of hydrogen-bond acceptors (Lipinski definition) is 6. The molecule has 2 aromatic carbocycles. The number of thiazole rings is 1. The van der Waals surface area contributed by atoms with Gasteiger partial charge in [0.1, 0.15) is 10.7 Å². The number of rotatable bonds is 7. The van der Waals surface area contributed by atoms with Gasteiger partial charge in [-0.1, -0.05) is 24.3 Å². The zero-order valence-corrected chi connectivity index (χ0v) is 20.8. The van der Waals surface area contributed by atoms with Crippen LogP contribution in [0.1, 0.15) is 25.3 Å². The third-order valence-corrected chi connectivity index (χ3v) is 7.19. The van der Waals surface area contributed by atoms with Crippen LogP contribution in [0.5, 0.6) is 0 Å². The van der Waals surface area contributed by atoms with Gasteiger partial charge in [0.05, 0.1) is 12.2 Å². The molecule has 0 aliphatic carbocycles. The summed E-state index contributed by atoms with van der Waals surface area (Å²) in [6.45, 7) is 4.57. The second-order valence-corrected chi connectivity index (χ2v) is 9.55. The van der Waals surface area contributed by atoms with Crippen LogP contribution >= 0.6 is 11.3 Å². The number of anilines is 2. The molecule has 1 saturated heterocycles. The lowest BCUT2D eigenvalue weighted by atomic mass is 10.1. The van der Waals surface area contributed by atoms with Crippen molar-refractivity contribution in [1.29, 1.82) is 0 Å². The molecule has 1 N–H and O–H groups in total. The van der Waals surface area contributed by atoms with Crippen molar-refractivity contribution in [1.82, 2.24) is 14.8 Å². The van der Waals surface area contributed by atoms with Gasteiger partial charge >= 0.3 is 6.09 Å². The fourth-order valence-corrected chi connectivity index (χ4v) is 5.24. The van der Waals surface area contributed by atoms with Crippen molar-refractivity contribution < 1.29 is 9.90 Å². The van der Waals surface area contributed by atoms with Gasteiger partial charge in [-0.3, -0.25) is 9.69 Å². The molecule has 0 spiro atoms. The summed E-state index contributed by atoms with van der Waals surface area (Å²) < 4.78 is 1.39. The maximum Gasteiger partial charge on any atom is 0.411 e. The Labute approximate surface area is 213 Å². The molecular weight excluding hydrogens is 474 g/mol. The average molecular weight is 502 g/mol. The van der Waals surface area contributed by atoms with Crippen molar-refractivity contribution in [2.45, 2.75) is 26.3 Å². The van der Waals surface area contributed by atoms with Crippen LogP contribution in [0.4, 0.5) is 16.2 Å². The number of benzene rings is 2. The van der Waals surface area contributed by atoms with Crippen molar-refractivity contribution in [3.63, 3.8) is 0 Å². The molecular formula is C27H27N5O3S. The number of nitrogens with zero attached hydrogens (tertiary/aromatic N) is 5. The van der Waals surface area contributed by atoms with E-state index in [1.54, 1.807) is 31.2 Å². The molecule has 36 heavy (non-hydrogen) atoms. The quantitative estimate of drug-likeness (QED) is 0.375. The minimum Gasteiger partial charge on any atom is -0.465 e. The molecule has 0 atom stereocenters. The molecule has 2 aromatic heterocycles. The number of aromatic nitrogens is 3. The highest BCUT2D eigenvalue weighted by Gasteiger charge is 2.15. The molecule has 4 aromatic rings. The van der Waals surface area contributed by atoms with Gasteiger partial charge in [-0.05, 0) is 55.7 Å². The highest BCUT2D eigenvalue weighted by Crippen LogP contribution is 2.29. The molecule has 1 aliphatic rings. The molecule has 0 bridgehead atoms. The summed E-state index contributed by atoms with van der Waals surface area (Å²) in [5, 5.41) is 16.7. The molecule has 184 valence electrons. The highest BCUT2D eigenvalue weighted by molar-refractivity contribution is 7.13. The maximum atomic E-state index is 12.5. The summed E-state index contributed by atoms with van der Waals surface area (Å²) >= 11 is 1.49. The van der Waals surface area contributed by atoms with Crippen molar-refractivity contribution in [3.05, 3.63) is 82.0 Å². The van der Waals surface area contributed by atoms with Crippen molar-refractivity contribution in [2.75, 3.05) is 29.4 Å². The van der Waals surface area contributed by atoms with Crippen LogP contribution in [0.15, 0.2) is 70.8 Å². The standard InChI is InChI=1S/C27H27N5O3S/c1-2-31(27(34)35)22-7-5-6-19(16-22)17-32-25(33)13-12-23(29-32)26-28-24(18-36-26)20-8-10-21(11-9-20)30-14-3-4-15-30/h5-13,16,18H,2-4,14-15,17H2,1H3,(H,34,35). The Morgan fingerprint density at radius 2 is 1.83 bits per heavy atom. The number of carbonyl (C=O) groups is 1. The van der Waals surface area contributed by atoms with Crippen LogP contribution in [0.2, 0.25) is 0 Å². The van der Waals surface area contributed by atoms with E-state index in [1.165, 1.54) is 45.5 Å². The molecule has 8 nitrogen and oxygen atoms in total. The van der Waals surface area contributed by atoms with E-state index in [0.717, 1.165) is 34.9 Å². The normalized spacial score (nSPS) is 13.2. The topological polar surface area (TPSA) is 91.6 Å². The number of amides is 1. The van der Waals surface area contributed by atoms with Gasteiger partial charge in [-0.15, -0.1) is 11.3 Å². The second-order valence-electron chi connectivity index (χ2n) is 8.69. The third-order valence-electron chi connectivity index (χ3n) is 6.33. The summed E-state index contributed by atoms with van der Waals surface area (Å²) in [5.41, 5.74) is 4.91. The molecule has 0 radical (unpaired) electrons. The van der Waals surface area contributed by atoms with Gasteiger partial charge in [0.2, 0.25) is 0 Å². The van der Waals surface area contributed by atoms with Crippen LogP contribution < -0.4 is 15.4 Å². The lowest BCUT2D eigenvalue weighted by molar-refractivity contribution is 0.202. The van der Waals surface area contributed by atoms with Crippen LogP contribution in [-0.2, 0) is 6.54 Å². The lowest BCUT2D eigenvalue weighted by Crippen LogP contribution is -2.29. The molecule has 0 saturated carbocycles. The predicted molar refractivity (Wildman–Crippen MR) is 143 cm³/mol. The van der Waals surface area contributed by atoms with E-state index in [9.17, 15) is 14.7 Å². The van der Waals surface area contributed by atoms with E-state index in [-0.39, 0.29) is 12.1 Å². The average Bonchev–Trinajstić information content (AvgIpc) is 3.59. The van der Waals surface area contributed by atoms with Crippen molar-refractivity contribution >= 4 is 28.8 Å². The first-order chi connectivity index (χ1) is 17.5. The Morgan fingerprint density at radius 3 is 2.56 bits per heavy atom. The minimum absolute atomic E-state index is 0.230. The Hall–Kier alpha value is -3.98. The highest BCUT2D eigenvalue weighted by atomic mass is 32.1. The predicted octanol–water partition coefficient (Wildman–Crippen LogP) is 5.19. The summed E-state index contributed by atoms with van der Waals surface area (Å²) in [4.78, 5) is 32.5. The van der Waals surface area contributed by atoms with Gasteiger partial charge < -0.3 is 10.0 Å². The van der Waals surface area contributed by atoms with Gasteiger partial charge in [0.25, 0.3) is 5.56 Å². The van der Waals surface area contributed by atoms with Crippen LogP contribution in [-0.4, -0.2) is 45.6 Å². The summed E-state index contributed by atoms with van der Waals surface area (Å²) in [5.74, 6) is 0. The first-order valence-corrected chi connectivity index (χ1v) is 12.9.